The molecular weight excluding hydrogens is 247 g/mol. The van der Waals surface area contributed by atoms with Crippen molar-refractivity contribution in [1.29, 1.82) is 0 Å². The molecule has 0 bridgehead atoms. The van der Waals surface area contributed by atoms with E-state index in [0.717, 1.165) is 17.3 Å². The number of methoxy groups -OCH3 is 1. The average molecular weight is 262 g/mol. The number of nitrogens with zero attached hydrogens (tertiary/aromatic N) is 1. The van der Waals surface area contributed by atoms with Crippen molar-refractivity contribution >= 4 is 19.6 Å². The van der Waals surface area contributed by atoms with Crippen LogP contribution in [0.1, 0.15) is 0 Å². The molecule has 0 aliphatic rings. The molecule has 1 heterocycles. The second-order valence-corrected chi connectivity index (χ2v) is 4.94. The van der Waals surface area contributed by atoms with Crippen LogP contribution in [0.25, 0.3) is 0 Å². The lowest BCUT2D eigenvalue weighted by atomic mass is 10.3. The molecule has 0 aliphatic carbocycles. The van der Waals surface area contributed by atoms with Crippen LogP contribution in [0.15, 0.2) is 42.7 Å². The van der Waals surface area contributed by atoms with E-state index in [4.69, 9.17) is 4.74 Å². The third-order valence-corrected chi connectivity index (χ3v) is 3.50. The predicted octanol–water partition coefficient (Wildman–Crippen LogP) is 2.17. The molecule has 0 spiro atoms. The van der Waals surface area contributed by atoms with Crippen LogP contribution in [0.3, 0.4) is 0 Å². The predicted molar refractivity (Wildman–Crippen MR) is 75.3 cm³/mol. The Morgan fingerprint density at radius 3 is 3.00 bits per heavy atom. The van der Waals surface area contributed by atoms with Crippen LogP contribution in [0.4, 0.5) is 5.69 Å². The highest BCUT2D eigenvalue weighted by Crippen LogP contribution is 2.25. The quantitative estimate of drug-likeness (QED) is 0.811. The highest BCUT2D eigenvalue weighted by molar-refractivity contribution is 7.47. The summed E-state index contributed by atoms with van der Waals surface area (Å²) in [6.07, 6.45) is 4.37. The molecule has 18 heavy (non-hydrogen) atoms. The fourth-order valence-corrected chi connectivity index (χ4v) is 2.43. The molecule has 0 fully saturated rings. The Hall–Kier alpha value is -1.80. The summed E-state index contributed by atoms with van der Waals surface area (Å²) in [6, 6.07) is 9.30. The monoisotopic (exact) mass is 262 g/mol. The van der Waals surface area contributed by atoms with E-state index in [2.05, 4.69) is 10.3 Å². The summed E-state index contributed by atoms with van der Waals surface area (Å²) in [6.45, 7) is 0. The van der Waals surface area contributed by atoms with Gasteiger partial charge in [-0.2, -0.15) is 0 Å². The van der Waals surface area contributed by atoms with Gasteiger partial charge in [0.2, 0.25) is 0 Å². The summed E-state index contributed by atoms with van der Waals surface area (Å²) in [4.78, 5) is 4.04. The maximum Gasteiger partial charge on any atom is 0.161 e. The van der Waals surface area contributed by atoms with Gasteiger partial charge in [0, 0.05) is 18.7 Å². The van der Waals surface area contributed by atoms with Crippen molar-refractivity contribution in [2.75, 3.05) is 18.7 Å². The van der Waals surface area contributed by atoms with Crippen LogP contribution in [-0.2, 0) is 0 Å². The Bertz CT molecular complexity index is 506. The number of phenolic OH excluding ortho intramolecular Hbond substituents is 1. The molecule has 1 aromatic heterocycles. The first kappa shape index (κ1) is 12.7. The molecule has 94 valence electrons. The molecule has 5 heteroatoms. The third kappa shape index (κ3) is 3.34. The van der Waals surface area contributed by atoms with Crippen molar-refractivity contribution in [1.82, 2.24) is 4.98 Å². The number of aromatic nitrogens is 1. The lowest BCUT2D eigenvalue weighted by Gasteiger charge is -2.08. The fourth-order valence-electron chi connectivity index (χ4n) is 1.50. The molecule has 0 amide bonds. The van der Waals surface area contributed by atoms with Crippen molar-refractivity contribution in [2.24, 2.45) is 0 Å². The zero-order valence-electron chi connectivity index (χ0n) is 10.1. The Morgan fingerprint density at radius 2 is 2.28 bits per heavy atom. The molecule has 2 aromatic rings. The molecule has 1 atom stereocenters. The van der Waals surface area contributed by atoms with Crippen molar-refractivity contribution in [3.05, 3.63) is 42.7 Å². The summed E-state index contributed by atoms with van der Waals surface area (Å²) in [5, 5.41) is 13.9. The van der Waals surface area contributed by atoms with Gasteiger partial charge in [-0.25, -0.2) is 0 Å². The SMILES string of the molecule is COc1cc(PCNc2cccnc2)ccc1O. The molecule has 4 nitrogen and oxygen atoms in total. The Balaban J connectivity index is 1.91. The Labute approximate surface area is 108 Å². The molecule has 0 aliphatic heterocycles. The van der Waals surface area contributed by atoms with Gasteiger partial charge in [-0.3, -0.25) is 4.98 Å². The van der Waals surface area contributed by atoms with Crippen molar-refractivity contribution < 1.29 is 9.84 Å². The minimum absolute atomic E-state index is 0.172. The van der Waals surface area contributed by atoms with E-state index in [-0.39, 0.29) is 5.75 Å². The number of rotatable bonds is 5. The summed E-state index contributed by atoms with van der Waals surface area (Å²) >= 11 is 0. The maximum absolute atomic E-state index is 9.49. The van der Waals surface area contributed by atoms with E-state index < -0.39 is 0 Å². The second kappa shape index (κ2) is 6.22. The number of anilines is 1. The molecule has 2 rings (SSSR count). The highest BCUT2D eigenvalue weighted by atomic mass is 31.1. The van der Waals surface area contributed by atoms with Crippen LogP contribution >= 0.6 is 8.58 Å². The molecule has 2 N–H and O–H groups in total. The standard InChI is InChI=1S/C13H15N2O2P/c1-17-13-7-11(4-5-12(13)16)18-9-15-10-3-2-6-14-8-10/h2-8,15-16,18H,9H2,1H3. The van der Waals surface area contributed by atoms with Gasteiger partial charge < -0.3 is 15.2 Å². The van der Waals surface area contributed by atoms with Crippen molar-refractivity contribution in [2.45, 2.75) is 0 Å². The third-order valence-electron chi connectivity index (χ3n) is 2.43. The van der Waals surface area contributed by atoms with Gasteiger partial charge in [-0.15, -0.1) is 0 Å². The summed E-state index contributed by atoms with van der Waals surface area (Å²) < 4.78 is 5.07. The number of benzene rings is 1. The molecule has 1 aromatic carbocycles. The number of phenols is 1. The zero-order valence-corrected chi connectivity index (χ0v) is 11.1. The van der Waals surface area contributed by atoms with Gasteiger partial charge in [-0.05, 0) is 29.6 Å². The van der Waals surface area contributed by atoms with E-state index in [1.54, 1.807) is 25.6 Å². The van der Waals surface area contributed by atoms with Crippen LogP contribution in [0.5, 0.6) is 11.5 Å². The van der Waals surface area contributed by atoms with Gasteiger partial charge in [0.05, 0.1) is 12.8 Å². The smallest absolute Gasteiger partial charge is 0.161 e. The number of pyridine rings is 1. The minimum Gasteiger partial charge on any atom is -0.504 e. The summed E-state index contributed by atoms with van der Waals surface area (Å²) in [5.41, 5.74) is 1.01. The Morgan fingerprint density at radius 1 is 1.39 bits per heavy atom. The van der Waals surface area contributed by atoms with E-state index >= 15 is 0 Å². The van der Waals surface area contributed by atoms with Crippen LogP contribution in [0.2, 0.25) is 0 Å². The van der Waals surface area contributed by atoms with E-state index in [9.17, 15) is 5.11 Å². The molecule has 0 radical (unpaired) electrons. The van der Waals surface area contributed by atoms with Gasteiger partial charge in [0.25, 0.3) is 0 Å². The van der Waals surface area contributed by atoms with Gasteiger partial charge >= 0.3 is 0 Å². The van der Waals surface area contributed by atoms with Crippen LogP contribution in [0, 0.1) is 0 Å². The Kier molecular flexibility index (Phi) is 4.37. The first-order valence-electron chi connectivity index (χ1n) is 5.54. The number of ether oxygens (including phenoxy) is 1. The molecule has 0 saturated carbocycles. The van der Waals surface area contributed by atoms with Gasteiger partial charge in [-0.1, -0.05) is 14.6 Å². The van der Waals surface area contributed by atoms with E-state index in [0.29, 0.717) is 14.3 Å². The maximum atomic E-state index is 9.49. The summed E-state index contributed by atoms with van der Waals surface area (Å²) in [5.74, 6) is 0.688. The molecular formula is C13H15N2O2P. The average Bonchev–Trinajstić information content (AvgIpc) is 2.42. The second-order valence-electron chi connectivity index (χ2n) is 3.66. The van der Waals surface area contributed by atoms with Crippen LogP contribution in [-0.4, -0.2) is 23.5 Å². The van der Waals surface area contributed by atoms with Crippen molar-refractivity contribution in [3.8, 4) is 11.5 Å². The van der Waals surface area contributed by atoms with Crippen molar-refractivity contribution in [3.63, 3.8) is 0 Å². The number of hydrogen-bond donors (Lipinski definition) is 2. The highest BCUT2D eigenvalue weighted by Gasteiger charge is 2.02. The lowest BCUT2D eigenvalue weighted by Crippen LogP contribution is -2.02. The number of aromatic hydroxyl groups is 1. The topological polar surface area (TPSA) is 54.4 Å². The van der Waals surface area contributed by atoms with Crippen LogP contribution < -0.4 is 15.4 Å². The lowest BCUT2D eigenvalue weighted by molar-refractivity contribution is 0.374. The number of nitrogens with one attached hydrogen (secondary N) is 1. The zero-order chi connectivity index (χ0) is 12.8. The first-order valence-corrected chi connectivity index (χ1v) is 6.75. The first-order chi connectivity index (χ1) is 8.79. The fraction of sp³-hybridized carbons (Fsp3) is 0.154. The molecule has 1 unspecified atom stereocenters. The number of hydrogen-bond acceptors (Lipinski definition) is 4. The molecule has 0 saturated heterocycles. The van der Waals surface area contributed by atoms with Gasteiger partial charge in [0.15, 0.2) is 11.5 Å². The van der Waals surface area contributed by atoms with E-state index in [1.165, 1.54) is 0 Å². The van der Waals surface area contributed by atoms with E-state index in [1.807, 2.05) is 24.3 Å². The largest absolute Gasteiger partial charge is 0.504 e. The normalized spacial score (nSPS) is 10.7. The van der Waals surface area contributed by atoms with Gasteiger partial charge in [0.1, 0.15) is 0 Å². The minimum atomic E-state index is 0.172. The summed E-state index contributed by atoms with van der Waals surface area (Å²) in [7, 11) is 2.15.